The van der Waals surface area contributed by atoms with Gasteiger partial charge < -0.3 is 19.6 Å². The molecule has 10 heteroatoms. The van der Waals surface area contributed by atoms with Crippen LogP contribution in [0, 0.1) is 0 Å². The molecule has 0 unspecified atom stereocenters. The molecule has 0 aromatic carbocycles. The largest absolute Gasteiger partial charge is 0.371 e. The third kappa shape index (κ3) is 1.52. The van der Waals surface area contributed by atoms with Crippen molar-refractivity contribution in [2.24, 2.45) is 9.98 Å². The third-order valence-corrected chi connectivity index (χ3v) is 5.16. The summed E-state index contributed by atoms with van der Waals surface area (Å²) in [6.07, 6.45) is 1.16. The monoisotopic (exact) mass is 228 g/mol. The van der Waals surface area contributed by atoms with E-state index in [9.17, 15) is 9.13 Å². The molecular formula is C3H6N2O6P2. The Morgan fingerprint density at radius 1 is 1.08 bits per heavy atom. The average Bonchev–Trinajstić information content (AvgIpc) is 2.28. The summed E-state index contributed by atoms with van der Waals surface area (Å²) in [7, 11) is -10.2. The van der Waals surface area contributed by atoms with Crippen LogP contribution in [0.1, 0.15) is 0 Å². The standard InChI is InChI=1S/C3H6N2O6P2/c6-12(7,8)3(13(9,10)11)1-4-2-5-3/h1-2H,(H2,6,7,8)(H2,9,10,11). The van der Waals surface area contributed by atoms with Crippen LogP contribution in [0.3, 0.4) is 0 Å². The second-order valence-corrected chi connectivity index (χ2v) is 6.19. The Kier molecular flexibility index (Phi) is 2.32. The Morgan fingerprint density at radius 2 is 1.54 bits per heavy atom. The van der Waals surface area contributed by atoms with Gasteiger partial charge in [0.15, 0.2) is 0 Å². The van der Waals surface area contributed by atoms with E-state index in [1.165, 1.54) is 0 Å². The summed E-state index contributed by atoms with van der Waals surface area (Å²) in [6, 6.07) is 0. The van der Waals surface area contributed by atoms with Gasteiger partial charge in [-0.3, -0.25) is 9.13 Å². The van der Waals surface area contributed by atoms with Gasteiger partial charge in [-0.05, 0) is 0 Å². The molecule has 0 radical (unpaired) electrons. The zero-order valence-corrected chi connectivity index (χ0v) is 7.84. The lowest BCUT2D eigenvalue weighted by Crippen LogP contribution is -2.26. The van der Waals surface area contributed by atoms with Crippen LogP contribution < -0.4 is 0 Å². The molecule has 1 heterocycles. The maximum Gasteiger partial charge on any atom is 0.371 e. The predicted molar refractivity (Wildman–Crippen MR) is 43.8 cm³/mol. The molecule has 0 fully saturated rings. The van der Waals surface area contributed by atoms with Gasteiger partial charge in [-0.2, -0.15) is 0 Å². The fourth-order valence-corrected chi connectivity index (χ4v) is 2.95. The van der Waals surface area contributed by atoms with Crippen molar-refractivity contribution in [3.63, 3.8) is 0 Å². The van der Waals surface area contributed by atoms with E-state index >= 15 is 0 Å². The molecule has 0 spiro atoms. The van der Waals surface area contributed by atoms with E-state index in [0.29, 0.717) is 12.6 Å². The lowest BCUT2D eigenvalue weighted by molar-refractivity contribution is 0.330. The van der Waals surface area contributed by atoms with Crippen LogP contribution in [0.5, 0.6) is 0 Å². The number of aliphatic imine (C=N–C) groups is 2. The highest BCUT2D eigenvalue weighted by molar-refractivity contribution is 7.74. The van der Waals surface area contributed by atoms with Crippen LogP contribution in [-0.4, -0.2) is 37.1 Å². The summed E-state index contributed by atoms with van der Waals surface area (Å²) >= 11 is 0. The first-order valence-corrected chi connectivity index (χ1v) is 6.12. The van der Waals surface area contributed by atoms with Crippen molar-refractivity contribution in [1.82, 2.24) is 0 Å². The van der Waals surface area contributed by atoms with Crippen LogP contribution in [-0.2, 0) is 9.13 Å². The minimum atomic E-state index is -5.08. The Balaban J connectivity index is 3.37. The maximum atomic E-state index is 10.8. The molecule has 0 bridgehead atoms. The van der Waals surface area contributed by atoms with Crippen LogP contribution >= 0.6 is 15.2 Å². The predicted octanol–water partition coefficient (Wildman–Crippen LogP) is -0.892. The van der Waals surface area contributed by atoms with Crippen LogP contribution in [0.15, 0.2) is 9.98 Å². The Hall–Kier alpha value is -0.360. The van der Waals surface area contributed by atoms with Gasteiger partial charge in [0.1, 0.15) is 6.34 Å². The van der Waals surface area contributed by atoms with Crippen molar-refractivity contribution in [3.05, 3.63) is 0 Å². The maximum absolute atomic E-state index is 10.8. The summed E-state index contributed by atoms with van der Waals surface area (Å²) in [6.45, 7) is 0. The first-order valence-electron chi connectivity index (χ1n) is 2.90. The van der Waals surface area contributed by atoms with Gasteiger partial charge in [0, 0.05) is 0 Å². The second kappa shape index (κ2) is 2.81. The summed E-state index contributed by atoms with van der Waals surface area (Å²) in [5.41, 5.74) is 0. The molecule has 0 aromatic rings. The summed E-state index contributed by atoms with van der Waals surface area (Å²) in [5.74, 6) is 0. The molecule has 1 aliphatic rings. The van der Waals surface area contributed by atoms with Crippen molar-refractivity contribution in [1.29, 1.82) is 0 Å². The average molecular weight is 228 g/mol. The number of hydrogen-bond donors (Lipinski definition) is 4. The summed E-state index contributed by atoms with van der Waals surface area (Å²) in [4.78, 5) is 41.1. The topological polar surface area (TPSA) is 140 Å². The Bertz CT molecular complexity index is 326. The molecule has 0 atom stereocenters. The molecule has 74 valence electrons. The molecule has 1 aliphatic heterocycles. The summed E-state index contributed by atoms with van der Waals surface area (Å²) in [5, 5.41) is -2.82. The zero-order chi connectivity index (χ0) is 10.3. The van der Waals surface area contributed by atoms with Gasteiger partial charge >= 0.3 is 15.2 Å². The second-order valence-electron chi connectivity index (χ2n) is 2.30. The van der Waals surface area contributed by atoms with E-state index in [1.807, 2.05) is 0 Å². The number of rotatable bonds is 2. The first kappa shape index (κ1) is 10.7. The molecule has 4 N–H and O–H groups in total. The lowest BCUT2D eigenvalue weighted by atomic mass is 10.7. The van der Waals surface area contributed by atoms with Crippen molar-refractivity contribution in [3.8, 4) is 0 Å². The zero-order valence-electron chi connectivity index (χ0n) is 6.05. The molecule has 0 aromatic heterocycles. The molecular weight excluding hydrogens is 222 g/mol. The minimum absolute atomic E-state index is 0.467. The van der Waals surface area contributed by atoms with Crippen molar-refractivity contribution < 1.29 is 28.7 Å². The van der Waals surface area contributed by atoms with Gasteiger partial charge in [0.25, 0.3) is 5.02 Å². The fourth-order valence-electron chi connectivity index (χ4n) is 0.756. The SMILES string of the molecule is O=P(O)(O)C1(P(=O)(O)O)C=NC=N1. The highest BCUT2D eigenvalue weighted by atomic mass is 31.2. The van der Waals surface area contributed by atoms with E-state index in [-0.39, 0.29) is 0 Å². The fraction of sp³-hybridized carbons (Fsp3) is 0.333. The van der Waals surface area contributed by atoms with Crippen LogP contribution in [0.4, 0.5) is 0 Å². The lowest BCUT2D eigenvalue weighted by Gasteiger charge is -2.24. The van der Waals surface area contributed by atoms with E-state index in [1.54, 1.807) is 0 Å². The first-order chi connectivity index (χ1) is 5.71. The van der Waals surface area contributed by atoms with Crippen molar-refractivity contribution in [2.75, 3.05) is 0 Å². The number of hydrogen-bond acceptors (Lipinski definition) is 4. The van der Waals surface area contributed by atoms with Crippen LogP contribution in [0.2, 0.25) is 0 Å². The van der Waals surface area contributed by atoms with Gasteiger partial charge in [-0.15, -0.1) is 0 Å². The number of nitrogens with zero attached hydrogens (tertiary/aromatic N) is 2. The van der Waals surface area contributed by atoms with Crippen LogP contribution in [0.25, 0.3) is 0 Å². The molecule has 0 saturated carbocycles. The molecule has 13 heavy (non-hydrogen) atoms. The van der Waals surface area contributed by atoms with Gasteiger partial charge in [0.2, 0.25) is 0 Å². The molecule has 1 rings (SSSR count). The van der Waals surface area contributed by atoms with E-state index in [2.05, 4.69) is 9.98 Å². The Labute approximate surface area is 72.4 Å². The molecule has 0 saturated heterocycles. The highest BCUT2D eigenvalue weighted by Crippen LogP contribution is 2.69. The van der Waals surface area contributed by atoms with E-state index in [4.69, 9.17) is 19.6 Å². The van der Waals surface area contributed by atoms with E-state index in [0.717, 1.165) is 0 Å². The van der Waals surface area contributed by atoms with Gasteiger partial charge in [-0.25, -0.2) is 9.98 Å². The Morgan fingerprint density at radius 3 is 1.69 bits per heavy atom. The van der Waals surface area contributed by atoms with Gasteiger partial charge in [0.05, 0.1) is 6.21 Å². The molecule has 0 aliphatic carbocycles. The molecule has 0 amide bonds. The minimum Gasteiger partial charge on any atom is -0.322 e. The van der Waals surface area contributed by atoms with Gasteiger partial charge in [-0.1, -0.05) is 0 Å². The van der Waals surface area contributed by atoms with E-state index < -0.39 is 20.2 Å². The highest BCUT2D eigenvalue weighted by Gasteiger charge is 2.60. The van der Waals surface area contributed by atoms with Crippen molar-refractivity contribution >= 4 is 27.7 Å². The summed E-state index contributed by atoms with van der Waals surface area (Å²) < 4.78 is 21.6. The van der Waals surface area contributed by atoms with Crippen molar-refractivity contribution in [2.45, 2.75) is 5.02 Å². The quantitative estimate of drug-likeness (QED) is 0.452. The molecule has 8 nitrogen and oxygen atoms in total. The third-order valence-electron chi connectivity index (χ3n) is 1.42. The smallest absolute Gasteiger partial charge is 0.322 e. The normalized spacial score (nSPS) is 20.9.